The van der Waals surface area contributed by atoms with Crippen LogP contribution in [0.2, 0.25) is 0 Å². The van der Waals surface area contributed by atoms with Crippen molar-refractivity contribution in [2.75, 3.05) is 5.32 Å². The lowest BCUT2D eigenvalue weighted by atomic mass is 9.79. The molecule has 1 unspecified atom stereocenters. The largest absolute Gasteiger partial charge is 0.336 e. The first-order chi connectivity index (χ1) is 10.6. The van der Waals surface area contributed by atoms with Crippen LogP contribution in [0.3, 0.4) is 0 Å². The maximum Gasteiger partial charge on any atom is 0.227 e. The van der Waals surface area contributed by atoms with Gasteiger partial charge in [-0.1, -0.05) is 0 Å². The molecule has 134 valence electrons. The molecule has 1 aliphatic rings. The second kappa shape index (κ2) is 8.70. The van der Waals surface area contributed by atoms with E-state index < -0.39 is 0 Å². The van der Waals surface area contributed by atoms with E-state index in [1.165, 1.54) is 0 Å². The lowest BCUT2D eigenvalue weighted by Crippen LogP contribution is -2.33. The standard InChI is InChI=1S/C17H24N4O.2ClH/c1-11(18)12-3-5-13(6-4-12)17(22)20-15-7-9-19-16-14(15)8-10-21(16)2;;/h7-13H,3-6,18H2,1-2H3,(H,19,20,22);2*1H/t11?,12-,13-;;. The maximum absolute atomic E-state index is 12.5. The van der Waals surface area contributed by atoms with Gasteiger partial charge in [-0.15, -0.1) is 24.8 Å². The Morgan fingerprint density at radius 1 is 1.29 bits per heavy atom. The third-order valence-corrected chi connectivity index (χ3v) is 4.91. The Balaban J connectivity index is 0.00000144. The second-order valence-electron chi connectivity index (χ2n) is 6.48. The summed E-state index contributed by atoms with van der Waals surface area (Å²) in [6.07, 6.45) is 7.66. The highest BCUT2D eigenvalue weighted by atomic mass is 35.5. The minimum atomic E-state index is 0. The molecule has 1 fully saturated rings. The van der Waals surface area contributed by atoms with Gasteiger partial charge in [-0.3, -0.25) is 4.79 Å². The van der Waals surface area contributed by atoms with Crippen LogP contribution in [0.1, 0.15) is 32.6 Å². The highest BCUT2D eigenvalue weighted by Gasteiger charge is 2.28. The quantitative estimate of drug-likeness (QED) is 0.865. The van der Waals surface area contributed by atoms with E-state index in [1.807, 2.05) is 29.9 Å². The summed E-state index contributed by atoms with van der Waals surface area (Å²) in [4.78, 5) is 16.9. The first-order valence-corrected chi connectivity index (χ1v) is 8.02. The molecule has 0 radical (unpaired) electrons. The van der Waals surface area contributed by atoms with Crippen molar-refractivity contribution in [3.63, 3.8) is 0 Å². The molecule has 3 N–H and O–H groups in total. The van der Waals surface area contributed by atoms with Crippen LogP contribution in [0, 0.1) is 11.8 Å². The van der Waals surface area contributed by atoms with E-state index in [1.54, 1.807) is 6.20 Å². The van der Waals surface area contributed by atoms with Crippen molar-refractivity contribution in [3.05, 3.63) is 24.5 Å². The molecular weight excluding hydrogens is 347 g/mol. The number of hydrogen-bond acceptors (Lipinski definition) is 3. The predicted octanol–water partition coefficient (Wildman–Crippen LogP) is 3.51. The number of rotatable bonds is 3. The minimum Gasteiger partial charge on any atom is -0.336 e. The fourth-order valence-corrected chi connectivity index (χ4v) is 3.42. The molecule has 2 aromatic heterocycles. The van der Waals surface area contributed by atoms with Gasteiger partial charge in [0.2, 0.25) is 5.91 Å². The SMILES string of the molecule is CC(N)[C@H]1CC[C@H](C(=O)Nc2ccnc3c2ccn3C)CC1.Cl.Cl. The third-order valence-electron chi connectivity index (χ3n) is 4.91. The number of carbonyl (C=O) groups excluding carboxylic acids is 1. The van der Waals surface area contributed by atoms with Gasteiger partial charge in [-0.2, -0.15) is 0 Å². The van der Waals surface area contributed by atoms with Crippen molar-refractivity contribution >= 4 is 47.4 Å². The van der Waals surface area contributed by atoms with Crippen molar-refractivity contribution in [2.45, 2.75) is 38.6 Å². The van der Waals surface area contributed by atoms with E-state index in [0.717, 1.165) is 42.4 Å². The van der Waals surface area contributed by atoms with Crippen LogP contribution in [0.15, 0.2) is 24.5 Å². The number of anilines is 1. The van der Waals surface area contributed by atoms with Crippen molar-refractivity contribution < 1.29 is 4.79 Å². The summed E-state index contributed by atoms with van der Waals surface area (Å²) in [5.41, 5.74) is 7.71. The maximum atomic E-state index is 12.5. The van der Waals surface area contributed by atoms with Gasteiger partial charge in [0.15, 0.2) is 0 Å². The molecule has 3 rings (SSSR count). The van der Waals surface area contributed by atoms with E-state index in [2.05, 4.69) is 17.2 Å². The topological polar surface area (TPSA) is 72.9 Å². The summed E-state index contributed by atoms with van der Waals surface area (Å²) in [6.45, 7) is 2.06. The Bertz CT molecular complexity index is 678. The average molecular weight is 373 g/mol. The molecule has 0 saturated heterocycles. The Hall–Kier alpha value is -1.30. The van der Waals surface area contributed by atoms with Crippen LogP contribution in [-0.2, 0) is 11.8 Å². The summed E-state index contributed by atoms with van der Waals surface area (Å²) in [6, 6.07) is 4.09. The molecule has 0 aromatic carbocycles. The Kier molecular flexibility index (Phi) is 7.52. The van der Waals surface area contributed by atoms with Gasteiger partial charge >= 0.3 is 0 Å². The zero-order valence-electron chi connectivity index (χ0n) is 14.1. The molecule has 1 aliphatic carbocycles. The molecule has 1 amide bonds. The average Bonchev–Trinajstić information content (AvgIpc) is 2.90. The zero-order chi connectivity index (χ0) is 15.7. The van der Waals surface area contributed by atoms with E-state index >= 15 is 0 Å². The van der Waals surface area contributed by atoms with Crippen LogP contribution in [0.4, 0.5) is 5.69 Å². The van der Waals surface area contributed by atoms with Gasteiger partial charge in [0, 0.05) is 36.8 Å². The first kappa shape index (κ1) is 20.7. The van der Waals surface area contributed by atoms with E-state index in [-0.39, 0.29) is 42.7 Å². The van der Waals surface area contributed by atoms with Gasteiger partial charge < -0.3 is 15.6 Å². The summed E-state index contributed by atoms with van der Waals surface area (Å²) in [5, 5.41) is 4.08. The number of hydrogen-bond donors (Lipinski definition) is 2. The smallest absolute Gasteiger partial charge is 0.227 e. The molecule has 7 heteroatoms. The molecule has 2 aromatic rings. The number of carbonyl (C=O) groups is 1. The molecule has 2 heterocycles. The lowest BCUT2D eigenvalue weighted by molar-refractivity contribution is -0.121. The first-order valence-electron chi connectivity index (χ1n) is 8.02. The van der Waals surface area contributed by atoms with Crippen LogP contribution < -0.4 is 11.1 Å². The molecule has 5 nitrogen and oxygen atoms in total. The highest BCUT2D eigenvalue weighted by molar-refractivity contribution is 6.01. The van der Waals surface area contributed by atoms with Crippen molar-refractivity contribution in [1.29, 1.82) is 0 Å². The van der Waals surface area contributed by atoms with Crippen LogP contribution >= 0.6 is 24.8 Å². The Morgan fingerprint density at radius 2 is 1.96 bits per heavy atom. The number of nitrogens with one attached hydrogen (secondary N) is 1. The molecule has 1 saturated carbocycles. The van der Waals surface area contributed by atoms with E-state index in [0.29, 0.717) is 5.92 Å². The summed E-state index contributed by atoms with van der Waals surface area (Å²) >= 11 is 0. The number of nitrogens with two attached hydrogens (primary N) is 1. The number of amides is 1. The minimum absolute atomic E-state index is 0. The molecule has 0 spiro atoms. The predicted molar refractivity (Wildman–Crippen MR) is 103 cm³/mol. The second-order valence-corrected chi connectivity index (χ2v) is 6.48. The molecule has 0 bridgehead atoms. The fraction of sp³-hybridized carbons (Fsp3) is 0.529. The number of pyridine rings is 1. The number of halogens is 2. The normalized spacial score (nSPS) is 21.5. The van der Waals surface area contributed by atoms with Crippen molar-refractivity contribution in [3.8, 4) is 0 Å². The van der Waals surface area contributed by atoms with Crippen LogP contribution in [0.5, 0.6) is 0 Å². The van der Waals surface area contributed by atoms with Gasteiger partial charge in [0.05, 0.1) is 5.69 Å². The molecule has 24 heavy (non-hydrogen) atoms. The van der Waals surface area contributed by atoms with Gasteiger partial charge in [0.1, 0.15) is 5.65 Å². The van der Waals surface area contributed by atoms with Gasteiger partial charge in [-0.25, -0.2) is 4.98 Å². The van der Waals surface area contributed by atoms with Crippen molar-refractivity contribution in [2.24, 2.45) is 24.6 Å². The van der Waals surface area contributed by atoms with Crippen LogP contribution in [-0.4, -0.2) is 21.5 Å². The van der Waals surface area contributed by atoms with Gasteiger partial charge in [0.25, 0.3) is 0 Å². The molecular formula is C17H26Cl2N4O. The Labute approximate surface area is 155 Å². The van der Waals surface area contributed by atoms with Crippen molar-refractivity contribution in [1.82, 2.24) is 9.55 Å². The number of aryl methyl sites for hydroxylation is 1. The Morgan fingerprint density at radius 3 is 2.58 bits per heavy atom. The lowest BCUT2D eigenvalue weighted by Gasteiger charge is -2.30. The van der Waals surface area contributed by atoms with E-state index in [9.17, 15) is 4.79 Å². The summed E-state index contributed by atoms with van der Waals surface area (Å²) in [5.74, 6) is 0.784. The number of aromatic nitrogens is 2. The zero-order valence-corrected chi connectivity index (χ0v) is 15.7. The molecule has 0 aliphatic heterocycles. The fourth-order valence-electron chi connectivity index (χ4n) is 3.42. The van der Waals surface area contributed by atoms with Crippen LogP contribution in [0.25, 0.3) is 11.0 Å². The summed E-state index contributed by atoms with van der Waals surface area (Å²) in [7, 11) is 1.95. The highest BCUT2D eigenvalue weighted by Crippen LogP contribution is 2.31. The molecule has 1 atom stereocenters. The summed E-state index contributed by atoms with van der Waals surface area (Å²) < 4.78 is 1.96. The van der Waals surface area contributed by atoms with Gasteiger partial charge in [-0.05, 0) is 50.7 Å². The number of nitrogens with zero attached hydrogens (tertiary/aromatic N) is 2. The van der Waals surface area contributed by atoms with E-state index in [4.69, 9.17) is 5.73 Å². The monoisotopic (exact) mass is 372 g/mol. The third kappa shape index (κ3) is 4.21. The number of fused-ring (bicyclic) bond motifs is 1.